The minimum Gasteiger partial charge on any atom is -0.462 e. The number of thiocarbonyl (C=S) groups is 1. The second-order valence-electron chi connectivity index (χ2n) is 4.95. The van der Waals surface area contributed by atoms with Gasteiger partial charge in [0.2, 0.25) is 0 Å². The molecule has 0 unspecified atom stereocenters. The standard InChI is InChI=1S/C17H19ClN2O3S2/c1-3-23-16(21)14-13(11-4-6-12(18)7-5-11)10-25-15(14)20-17(24)19-8-9-22-2/h4-7,10H,3,8-9H2,1-2H3,(H2,19,20,24). The van der Waals surface area contributed by atoms with Crippen LogP contribution >= 0.6 is 35.2 Å². The lowest BCUT2D eigenvalue weighted by atomic mass is 10.0. The highest BCUT2D eigenvalue weighted by Crippen LogP contribution is 2.36. The lowest BCUT2D eigenvalue weighted by Gasteiger charge is -2.11. The second-order valence-corrected chi connectivity index (χ2v) is 6.68. The maximum Gasteiger partial charge on any atom is 0.341 e. The van der Waals surface area contributed by atoms with Gasteiger partial charge in [-0.2, -0.15) is 0 Å². The molecule has 0 aliphatic rings. The van der Waals surface area contributed by atoms with Gasteiger partial charge in [0.15, 0.2) is 5.11 Å². The Hall–Kier alpha value is -1.67. The van der Waals surface area contributed by atoms with Crippen molar-refractivity contribution in [2.24, 2.45) is 0 Å². The third-order valence-electron chi connectivity index (χ3n) is 3.24. The third-order valence-corrected chi connectivity index (χ3v) is 4.64. The Morgan fingerprint density at radius 1 is 1.32 bits per heavy atom. The first-order valence-corrected chi connectivity index (χ1v) is 9.31. The number of carbonyl (C=O) groups is 1. The number of hydrogen-bond donors (Lipinski definition) is 2. The molecule has 1 aromatic carbocycles. The van der Waals surface area contributed by atoms with Gasteiger partial charge >= 0.3 is 5.97 Å². The number of esters is 1. The number of halogens is 1. The molecule has 8 heteroatoms. The van der Waals surface area contributed by atoms with Gasteiger partial charge < -0.3 is 20.1 Å². The molecular formula is C17H19ClN2O3S2. The summed E-state index contributed by atoms with van der Waals surface area (Å²) in [6, 6.07) is 7.30. The quantitative estimate of drug-likeness (QED) is 0.414. The van der Waals surface area contributed by atoms with Gasteiger partial charge in [-0.05, 0) is 36.8 Å². The van der Waals surface area contributed by atoms with Crippen LogP contribution in [0.5, 0.6) is 0 Å². The number of thiophene rings is 1. The second kappa shape index (κ2) is 9.72. The van der Waals surface area contributed by atoms with Gasteiger partial charge in [-0.3, -0.25) is 0 Å². The van der Waals surface area contributed by atoms with E-state index in [4.69, 9.17) is 33.3 Å². The zero-order chi connectivity index (χ0) is 18.2. The summed E-state index contributed by atoms with van der Waals surface area (Å²) in [6.07, 6.45) is 0. The van der Waals surface area contributed by atoms with E-state index in [0.717, 1.165) is 11.1 Å². The molecule has 0 fully saturated rings. The van der Waals surface area contributed by atoms with E-state index in [1.54, 1.807) is 26.2 Å². The van der Waals surface area contributed by atoms with E-state index >= 15 is 0 Å². The molecule has 134 valence electrons. The van der Waals surface area contributed by atoms with Crippen LogP contribution in [-0.4, -0.2) is 38.0 Å². The minimum atomic E-state index is -0.393. The van der Waals surface area contributed by atoms with Crippen LogP contribution in [0.15, 0.2) is 29.6 Å². The normalized spacial score (nSPS) is 10.4. The maximum atomic E-state index is 12.5. The van der Waals surface area contributed by atoms with Crippen LogP contribution in [0.4, 0.5) is 5.00 Å². The highest BCUT2D eigenvalue weighted by atomic mass is 35.5. The topological polar surface area (TPSA) is 59.6 Å². The fourth-order valence-electron chi connectivity index (χ4n) is 2.11. The van der Waals surface area contributed by atoms with Gasteiger partial charge in [-0.25, -0.2) is 4.79 Å². The Kier molecular flexibility index (Phi) is 7.64. The summed E-state index contributed by atoms with van der Waals surface area (Å²) in [5, 5.41) is 9.68. The Bertz CT molecular complexity index is 732. The summed E-state index contributed by atoms with van der Waals surface area (Å²) in [6.45, 7) is 3.18. The monoisotopic (exact) mass is 398 g/mol. The van der Waals surface area contributed by atoms with Crippen molar-refractivity contribution in [2.45, 2.75) is 6.92 Å². The van der Waals surface area contributed by atoms with Gasteiger partial charge in [0, 0.05) is 29.6 Å². The predicted molar refractivity (Wildman–Crippen MR) is 107 cm³/mol. The molecule has 0 saturated carbocycles. The molecule has 2 N–H and O–H groups in total. The largest absolute Gasteiger partial charge is 0.462 e. The molecule has 1 aromatic heterocycles. The Balaban J connectivity index is 2.29. The molecule has 0 saturated heterocycles. The summed E-state index contributed by atoms with van der Waals surface area (Å²) < 4.78 is 10.2. The lowest BCUT2D eigenvalue weighted by molar-refractivity contribution is 0.0529. The van der Waals surface area contributed by atoms with Crippen molar-refractivity contribution < 1.29 is 14.3 Å². The average molecular weight is 399 g/mol. The van der Waals surface area contributed by atoms with E-state index in [0.29, 0.717) is 40.5 Å². The van der Waals surface area contributed by atoms with Crippen LogP contribution in [0.25, 0.3) is 11.1 Å². The van der Waals surface area contributed by atoms with Crippen LogP contribution < -0.4 is 10.6 Å². The first kappa shape index (κ1) is 19.7. The van der Waals surface area contributed by atoms with E-state index in [-0.39, 0.29) is 0 Å². The van der Waals surface area contributed by atoms with E-state index in [1.165, 1.54) is 11.3 Å². The smallest absolute Gasteiger partial charge is 0.341 e. The molecule has 5 nitrogen and oxygen atoms in total. The molecule has 0 bridgehead atoms. The van der Waals surface area contributed by atoms with Gasteiger partial charge in [0.1, 0.15) is 10.6 Å². The predicted octanol–water partition coefficient (Wildman–Crippen LogP) is 4.18. The number of nitrogens with one attached hydrogen (secondary N) is 2. The Labute approximate surface area is 161 Å². The van der Waals surface area contributed by atoms with Crippen molar-refractivity contribution in [2.75, 3.05) is 32.2 Å². The molecule has 25 heavy (non-hydrogen) atoms. The summed E-state index contributed by atoms with van der Waals surface area (Å²) in [4.78, 5) is 12.5. The van der Waals surface area contributed by atoms with Crippen molar-refractivity contribution in [1.29, 1.82) is 0 Å². The molecule has 0 spiro atoms. The maximum absolute atomic E-state index is 12.5. The zero-order valence-electron chi connectivity index (χ0n) is 13.9. The minimum absolute atomic E-state index is 0.296. The third kappa shape index (κ3) is 5.40. The molecular weight excluding hydrogens is 380 g/mol. The highest BCUT2D eigenvalue weighted by molar-refractivity contribution is 7.80. The van der Waals surface area contributed by atoms with Gasteiger partial charge in [0.25, 0.3) is 0 Å². The van der Waals surface area contributed by atoms with Crippen LogP contribution in [0, 0.1) is 0 Å². The molecule has 0 radical (unpaired) electrons. The average Bonchev–Trinajstić information content (AvgIpc) is 2.99. The first-order chi connectivity index (χ1) is 12.1. The molecule has 2 rings (SSSR count). The van der Waals surface area contributed by atoms with Gasteiger partial charge in [-0.15, -0.1) is 11.3 Å². The van der Waals surface area contributed by atoms with E-state index in [2.05, 4.69) is 10.6 Å². The number of hydrogen-bond acceptors (Lipinski definition) is 5. The zero-order valence-corrected chi connectivity index (χ0v) is 16.3. The number of anilines is 1. The highest BCUT2D eigenvalue weighted by Gasteiger charge is 2.22. The van der Waals surface area contributed by atoms with Crippen molar-refractivity contribution in [3.05, 3.63) is 40.2 Å². The molecule has 0 aliphatic carbocycles. The number of rotatable bonds is 7. The van der Waals surface area contributed by atoms with Crippen LogP contribution in [0.2, 0.25) is 5.02 Å². The SMILES string of the molecule is CCOC(=O)c1c(-c2ccc(Cl)cc2)csc1NC(=S)NCCOC. The Morgan fingerprint density at radius 3 is 2.68 bits per heavy atom. The van der Waals surface area contributed by atoms with E-state index < -0.39 is 5.97 Å². The fourth-order valence-corrected chi connectivity index (χ4v) is 3.47. The van der Waals surface area contributed by atoms with Crippen LogP contribution in [0.1, 0.15) is 17.3 Å². The number of ether oxygens (including phenoxy) is 2. The van der Waals surface area contributed by atoms with E-state index in [9.17, 15) is 4.79 Å². The molecule has 0 atom stereocenters. The molecule has 0 aliphatic heterocycles. The number of carbonyl (C=O) groups excluding carboxylic acids is 1. The number of methoxy groups -OCH3 is 1. The van der Waals surface area contributed by atoms with Gasteiger partial charge in [-0.1, -0.05) is 23.7 Å². The molecule has 2 aromatic rings. The first-order valence-electron chi connectivity index (χ1n) is 7.65. The number of benzene rings is 1. The van der Waals surface area contributed by atoms with Gasteiger partial charge in [0.05, 0.1) is 13.2 Å². The fraction of sp³-hybridized carbons (Fsp3) is 0.294. The summed E-state index contributed by atoms with van der Waals surface area (Å²) in [5.41, 5.74) is 2.13. The van der Waals surface area contributed by atoms with Crippen molar-refractivity contribution >= 4 is 51.2 Å². The Morgan fingerprint density at radius 2 is 2.04 bits per heavy atom. The van der Waals surface area contributed by atoms with Crippen molar-refractivity contribution in [3.8, 4) is 11.1 Å². The molecule has 0 amide bonds. The molecule has 1 heterocycles. The summed E-state index contributed by atoms with van der Waals surface area (Å²) in [7, 11) is 1.62. The van der Waals surface area contributed by atoms with Crippen molar-refractivity contribution in [3.63, 3.8) is 0 Å². The van der Waals surface area contributed by atoms with Crippen LogP contribution in [0.3, 0.4) is 0 Å². The van der Waals surface area contributed by atoms with Crippen molar-refractivity contribution in [1.82, 2.24) is 5.32 Å². The lowest BCUT2D eigenvalue weighted by Crippen LogP contribution is -2.31. The van der Waals surface area contributed by atoms with Crippen LogP contribution in [-0.2, 0) is 9.47 Å². The summed E-state index contributed by atoms with van der Waals surface area (Å²) >= 11 is 12.6. The van der Waals surface area contributed by atoms with E-state index in [1.807, 2.05) is 17.5 Å². The summed E-state index contributed by atoms with van der Waals surface area (Å²) in [5.74, 6) is -0.393.